The largest absolute Gasteiger partial charge is 0.350 e. The van der Waals surface area contributed by atoms with Crippen LogP contribution in [0.15, 0.2) is 47.2 Å². The number of carbonyl (C=O) groups excluding carboxylic acids is 1. The molecule has 3 rings (SSSR count). The first-order valence-electron chi connectivity index (χ1n) is 7.01. The van der Waals surface area contributed by atoms with Crippen LogP contribution >= 0.6 is 22.7 Å². The molecule has 0 bridgehead atoms. The van der Waals surface area contributed by atoms with Crippen molar-refractivity contribution in [2.75, 3.05) is 0 Å². The van der Waals surface area contributed by atoms with Crippen molar-refractivity contribution in [3.8, 4) is 10.6 Å². The van der Waals surface area contributed by atoms with Gasteiger partial charge in [-0.05, 0) is 18.4 Å². The van der Waals surface area contributed by atoms with E-state index in [1.807, 2.05) is 22.9 Å². The van der Waals surface area contributed by atoms with E-state index in [-0.39, 0.29) is 5.91 Å². The number of thiophene rings is 1. The molecule has 1 aromatic carbocycles. The SMILES string of the molecule is Cc1ccc(-c2nc(CNC(=O)Cc3cccs3)cs2)cc1. The minimum absolute atomic E-state index is 0.0346. The summed E-state index contributed by atoms with van der Waals surface area (Å²) in [7, 11) is 0. The van der Waals surface area contributed by atoms with Gasteiger partial charge in [-0.2, -0.15) is 0 Å². The van der Waals surface area contributed by atoms with Crippen LogP contribution in [0.3, 0.4) is 0 Å². The maximum Gasteiger partial charge on any atom is 0.225 e. The molecule has 0 unspecified atom stereocenters. The highest BCUT2D eigenvalue weighted by atomic mass is 32.1. The number of rotatable bonds is 5. The zero-order valence-electron chi connectivity index (χ0n) is 12.2. The van der Waals surface area contributed by atoms with Gasteiger partial charge in [-0.15, -0.1) is 22.7 Å². The van der Waals surface area contributed by atoms with Crippen LogP contribution in [0, 0.1) is 6.92 Å². The van der Waals surface area contributed by atoms with Gasteiger partial charge in [-0.25, -0.2) is 4.98 Å². The van der Waals surface area contributed by atoms with Crippen LogP contribution in [0.4, 0.5) is 0 Å². The summed E-state index contributed by atoms with van der Waals surface area (Å²) in [5.41, 5.74) is 3.26. The predicted octanol–water partition coefficient (Wildman–Crippen LogP) is 4.04. The lowest BCUT2D eigenvalue weighted by Gasteiger charge is -2.01. The number of aromatic nitrogens is 1. The van der Waals surface area contributed by atoms with Crippen molar-refractivity contribution in [3.63, 3.8) is 0 Å². The third kappa shape index (κ3) is 3.81. The molecule has 3 nitrogen and oxygen atoms in total. The summed E-state index contributed by atoms with van der Waals surface area (Å²) in [5, 5.41) is 7.90. The zero-order valence-corrected chi connectivity index (χ0v) is 13.8. The molecule has 0 fully saturated rings. The maximum absolute atomic E-state index is 11.9. The number of hydrogen-bond donors (Lipinski definition) is 1. The Labute approximate surface area is 137 Å². The number of nitrogens with one attached hydrogen (secondary N) is 1. The third-order valence-electron chi connectivity index (χ3n) is 3.23. The summed E-state index contributed by atoms with van der Waals surface area (Å²) in [6.45, 7) is 2.55. The average Bonchev–Trinajstić information content (AvgIpc) is 3.17. The van der Waals surface area contributed by atoms with Gasteiger partial charge >= 0.3 is 0 Å². The second kappa shape index (κ2) is 6.85. The van der Waals surface area contributed by atoms with Gasteiger partial charge in [-0.3, -0.25) is 4.79 Å². The van der Waals surface area contributed by atoms with E-state index in [0.717, 1.165) is 21.1 Å². The number of carbonyl (C=O) groups is 1. The third-order valence-corrected chi connectivity index (χ3v) is 5.05. The molecule has 0 radical (unpaired) electrons. The van der Waals surface area contributed by atoms with Gasteiger partial charge in [0, 0.05) is 15.8 Å². The molecule has 0 aliphatic rings. The Bertz CT molecular complexity index is 745. The van der Waals surface area contributed by atoms with Crippen molar-refractivity contribution in [3.05, 3.63) is 63.3 Å². The first-order valence-corrected chi connectivity index (χ1v) is 8.77. The van der Waals surface area contributed by atoms with E-state index < -0.39 is 0 Å². The monoisotopic (exact) mass is 328 g/mol. The van der Waals surface area contributed by atoms with Crippen LogP contribution in [-0.2, 0) is 17.8 Å². The zero-order chi connectivity index (χ0) is 15.4. The molecule has 3 aromatic rings. The van der Waals surface area contributed by atoms with E-state index in [0.29, 0.717) is 13.0 Å². The van der Waals surface area contributed by atoms with Crippen molar-refractivity contribution in [1.29, 1.82) is 0 Å². The molecule has 22 heavy (non-hydrogen) atoms. The first-order chi connectivity index (χ1) is 10.7. The van der Waals surface area contributed by atoms with Gasteiger partial charge < -0.3 is 5.32 Å². The minimum Gasteiger partial charge on any atom is -0.350 e. The second-order valence-electron chi connectivity index (χ2n) is 5.04. The second-order valence-corrected chi connectivity index (χ2v) is 6.93. The lowest BCUT2D eigenvalue weighted by atomic mass is 10.2. The molecule has 2 aromatic heterocycles. The van der Waals surface area contributed by atoms with Crippen molar-refractivity contribution in [1.82, 2.24) is 10.3 Å². The number of hydrogen-bond acceptors (Lipinski definition) is 4. The Balaban J connectivity index is 1.57. The van der Waals surface area contributed by atoms with Gasteiger partial charge in [0.1, 0.15) is 5.01 Å². The highest BCUT2D eigenvalue weighted by Crippen LogP contribution is 2.23. The summed E-state index contributed by atoms with van der Waals surface area (Å²) in [5.74, 6) is 0.0346. The van der Waals surface area contributed by atoms with Crippen LogP contribution in [0.25, 0.3) is 10.6 Å². The maximum atomic E-state index is 11.9. The molecule has 1 N–H and O–H groups in total. The Hall–Kier alpha value is -1.98. The minimum atomic E-state index is 0.0346. The molecule has 112 valence electrons. The molecule has 0 saturated heterocycles. The Morgan fingerprint density at radius 3 is 2.73 bits per heavy atom. The number of nitrogens with zero attached hydrogens (tertiary/aromatic N) is 1. The Kier molecular flexibility index (Phi) is 4.65. The van der Waals surface area contributed by atoms with Crippen LogP contribution in [0.5, 0.6) is 0 Å². The van der Waals surface area contributed by atoms with Crippen molar-refractivity contribution in [2.45, 2.75) is 19.9 Å². The lowest BCUT2D eigenvalue weighted by molar-refractivity contribution is -0.120. The first kappa shape index (κ1) is 14.9. The molecular weight excluding hydrogens is 312 g/mol. The molecule has 0 atom stereocenters. The highest BCUT2D eigenvalue weighted by Gasteiger charge is 2.07. The average molecular weight is 328 g/mol. The van der Waals surface area contributed by atoms with Crippen LogP contribution in [0.1, 0.15) is 16.1 Å². The van der Waals surface area contributed by atoms with Crippen LogP contribution in [-0.4, -0.2) is 10.9 Å². The van der Waals surface area contributed by atoms with Gasteiger partial charge in [0.25, 0.3) is 0 Å². The quantitative estimate of drug-likeness (QED) is 0.768. The van der Waals surface area contributed by atoms with E-state index in [9.17, 15) is 4.79 Å². The summed E-state index contributed by atoms with van der Waals surface area (Å²) >= 11 is 3.21. The van der Waals surface area contributed by atoms with E-state index in [2.05, 4.69) is 41.5 Å². The van der Waals surface area contributed by atoms with Gasteiger partial charge in [0.2, 0.25) is 5.91 Å². The van der Waals surface area contributed by atoms with Crippen molar-refractivity contribution in [2.24, 2.45) is 0 Å². The van der Waals surface area contributed by atoms with Crippen molar-refractivity contribution < 1.29 is 4.79 Å². The fraction of sp³-hybridized carbons (Fsp3) is 0.176. The lowest BCUT2D eigenvalue weighted by Crippen LogP contribution is -2.24. The molecular formula is C17H16N2OS2. The van der Waals surface area contributed by atoms with E-state index in [4.69, 9.17) is 0 Å². The molecule has 1 amide bonds. The van der Waals surface area contributed by atoms with E-state index >= 15 is 0 Å². The molecule has 0 spiro atoms. The summed E-state index contributed by atoms with van der Waals surface area (Å²) in [4.78, 5) is 17.5. The molecule has 0 saturated carbocycles. The van der Waals surface area contributed by atoms with Crippen molar-refractivity contribution >= 4 is 28.6 Å². The number of benzene rings is 1. The van der Waals surface area contributed by atoms with Crippen LogP contribution in [0.2, 0.25) is 0 Å². The molecule has 0 aliphatic carbocycles. The van der Waals surface area contributed by atoms with Gasteiger partial charge in [0.15, 0.2) is 0 Å². The van der Waals surface area contributed by atoms with Crippen LogP contribution < -0.4 is 5.32 Å². The smallest absolute Gasteiger partial charge is 0.225 e. The number of thiazole rings is 1. The molecule has 5 heteroatoms. The normalized spacial score (nSPS) is 10.6. The topological polar surface area (TPSA) is 42.0 Å². The number of amides is 1. The molecule has 2 heterocycles. The Morgan fingerprint density at radius 2 is 2.00 bits per heavy atom. The molecule has 0 aliphatic heterocycles. The standard InChI is InChI=1S/C17H16N2OS2/c1-12-4-6-13(7-5-12)17-19-14(11-22-17)10-18-16(20)9-15-3-2-8-21-15/h2-8,11H,9-10H2,1H3,(H,18,20). The highest BCUT2D eigenvalue weighted by molar-refractivity contribution is 7.13. The van der Waals surface area contributed by atoms with E-state index in [1.165, 1.54) is 5.56 Å². The summed E-state index contributed by atoms with van der Waals surface area (Å²) in [6.07, 6.45) is 0.437. The number of aryl methyl sites for hydroxylation is 1. The Morgan fingerprint density at radius 1 is 1.18 bits per heavy atom. The van der Waals surface area contributed by atoms with Gasteiger partial charge in [0.05, 0.1) is 18.7 Å². The van der Waals surface area contributed by atoms with Gasteiger partial charge in [-0.1, -0.05) is 35.9 Å². The fourth-order valence-electron chi connectivity index (χ4n) is 2.04. The summed E-state index contributed by atoms with van der Waals surface area (Å²) in [6, 6.07) is 12.3. The fourth-order valence-corrected chi connectivity index (χ4v) is 3.57. The van der Waals surface area contributed by atoms with E-state index in [1.54, 1.807) is 22.7 Å². The summed E-state index contributed by atoms with van der Waals surface area (Å²) < 4.78 is 0. The predicted molar refractivity (Wildman–Crippen MR) is 92.2 cm³/mol.